The predicted octanol–water partition coefficient (Wildman–Crippen LogP) is 3.46. The molecule has 0 radical (unpaired) electrons. The van der Waals surface area contributed by atoms with Gasteiger partial charge in [0.05, 0.1) is 0 Å². The molecule has 0 aliphatic carbocycles. The number of hydrogen-bond acceptors (Lipinski definition) is 2. The average Bonchev–Trinajstić information content (AvgIpc) is 2.47. The number of anilines is 1. The van der Waals surface area contributed by atoms with Crippen molar-refractivity contribution in [1.82, 2.24) is 0 Å². The van der Waals surface area contributed by atoms with Crippen molar-refractivity contribution in [3.8, 4) is 0 Å². The molecule has 1 heterocycles. The van der Waals surface area contributed by atoms with E-state index < -0.39 is 0 Å². The fourth-order valence-corrected chi connectivity index (χ4v) is 3.15. The Morgan fingerprint density at radius 3 is 2.57 bits per heavy atom. The number of nitrogens with two attached hydrogens (primary N) is 1. The van der Waals surface area contributed by atoms with Crippen LogP contribution in [0.25, 0.3) is 0 Å². The predicted molar refractivity (Wildman–Crippen MR) is 85.1 cm³/mol. The highest BCUT2D eigenvalue weighted by atomic mass is 19.1. The molecule has 110 valence electrons. The smallest absolute Gasteiger partial charge is 0.123 e. The maximum absolute atomic E-state index is 13.1. The van der Waals surface area contributed by atoms with Gasteiger partial charge in [0.2, 0.25) is 0 Å². The van der Waals surface area contributed by atoms with E-state index in [9.17, 15) is 4.39 Å². The molecule has 2 unspecified atom stereocenters. The molecule has 1 aliphatic rings. The van der Waals surface area contributed by atoms with Crippen LogP contribution in [0.5, 0.6) is 0 Å². The molecule has 0 aromatic heterocycles. The van der Waals surface area contributed by atoms with Gasteiger partial charge in [-0.1, -0.05) is 24.3 Å². The SMILES string of the molecule is Cc1cccc(N2CC(N)CC(c3ccc(F)cc3)C2)c1. The molecule has 0 spiro atoms. The first kappa shape index (κ1) is 14.1. The Labute approximate surface area is 125 Å². The summed E-state index contributed by atoms with van der Waals surface area (Å²) in [5.41, 5.74) is 9.89. The van der Waals surface area contributed by atoms with Crippen molar-refractivity contribution in [3.05, 3.63) is 65.5 Å². The zero-order valence-electron chi connectivity index (χ0n) is 12.3. The summed E-state index contributed by atoms with van der Waals surface area (Å²) in [4.78, 5) is 2.34. The summed E-state index contributed by atoms with van der Waals surface area (Å²) in [6, 6.07) is 15.5. The molecule has 2 atom stereocenters. The Morgan fingerprint density at radius 2 is 1.86 bits per heavy atom. The lowest BCUT2D eigenvalue weighted by Crippen LogP contribution is -2.46. The third-order valence-corrected chi connectivity index (χ3v) is 4.19. The molecule has 3 rings (SSSR count). The van der Waals surface area contributed by atoms with Gasteiger partial charge in [0.25, 0.3) is 0 Å². The molecule has 0 amide bonds. The number of benzene rings is 2. The van der Waals surface area contributed by atoms with Gasteiger partial charge in [0.15, 0.2) is 0 Å². The van der Waals surface area contributed by atoms with Crippen LogP contribution in [0.3, 0.4) is 0 Å². The first-order valence-corrected chi connectivity index (χ1v) is 7.44. The third kappa shape index (κ3) is 3.24. The molecule has 21 heavy (non-hydrogen) atoms. The molecule has 1 aliphatic heterocycles. The van der Waals surface area contributed by atoms with E-state index in [1.807, 2.05) is 12.1 Å². The summed E-state index contributed by atoms with van der Waals surface area (Å²) in [6.07, 6.45) is 0.952. The Bertz CT molecular complexity index is 609. The third-order valence-electron chi connectivity index (χ3n) is 4.19. The highest BCUT2D eigenvalue weighted by Crippen LogP contribution is 2.30. The zero-order chi connectivity index (χ0) is 14.8. The lowest BCUT2D eigenvalue weighted by molar-refractivity contribution is 0.453. The van der Waals surface area contributed by atoms with Crippen LogP contribution >= 0.6 is 0 Å². The molecular weight excluding hydrogens is 263 g/mol. The van der Waals surface area contributed by atoms with Gasteiger partial charge < -0.3 is 10.6 Å². The van der Waals surface area contributed by atoms with Crippen molar-refractivity contribution in [2.45, 2.75) is 25.3 Å². The number of aryl methyl sites for hydroxylation is 1. The number of rotatable bonds is 2. The minimum Gasteiger partial charge on any atom is -0.369 e. The van der Waals surface area contributed by atoms with Gasteiger partial charge in [-0.3, -0.25) is 0 Å². The Balaban J connectivity index is 1.83. The molecule has 2 aromatic carbocycles. The number of piperidine rings is 1. The van der Waals surface area contributed by atoms with Gasteiger partial charge in [-0.25, -0.2) is 4.39 Å². The summed E-state index contributed by atoms with van der Waals surface area (Å²) in [5.74, 6) is 0.171. The topological polar surface area (TPSA) is 29.3 Å². The fraction of sp³-hybridized carbons (Fsp3) is 0.333. The maximum atomic E-state index is 13.1. The molecule has 3 heteroatoms. The van der Waals surface area contributed by atoms with Crippen LogP contribution in [0.15, 0.2) is 48.5 Å². The van der Waals surface area contributed by atoms with E-state index in [4.69, 9.17) is 5.73 Å². The van der Waals surface area contributed by atoms with Gasteiger partial charge in [-0.15, -0.1) is 0 Å². The van der Waals surface area contributed by atoms with Gasteiger partial charge in [0, 0.05) is 30.7 Å². The Morgan fingerprint density at radius 1 is 1.10 bits per heavy atom. The van der Waals surface area contributed by atoms with Crippen molar-refractivity contribution in [3.63, 3.8) is 0 Å². The summed E-state index contributed by atoms with van der Waals surface area (Å²) in [7, 11) is 0. The molecule has 2 N–H and O–H groups in total. The van der Waals surface area contributed by atoms with Crippen LogP contribution in [-0.4, -0.2) is 19.1 Å². The van der Waals surface area contributed by atoms with Crippen molar-refractivity contribution in [1.29, 1.82) is 0 Å². The highest BCUT2D eigenvalue weighted by Gasteiger charge is 2.26. The quantitative estimate of drug-likeness (QED) is 0.915. The zero-order valence-corrected chi connectivity index (χ0v) is 12.3. The molecule has 1 fully saturated rings. The van der Waals surface area contributed by atoms with E-state index in [1.54, 1.807) is 0 Å². The number of halogens is 1. The number of hydrogen-bond donors (Lipinski definition) is 1. The second kappa shape index (κ2) is 5.86. The van der Waals surface area contributed by atoms with Crippen molar-refractivity contribution < 1.29 is 4.39 Å². The van der Waals surface area contributed by atoms with Crippen molar-refractivity contribution in [2.75, 3.05) is 18.0 Å². The molecule has 2 aromatic rings. The Hall–Kier alpha value is -1.87. The standard InChI is InChI=1S/C18H21FN2/c1-13-3-2-4-18(9-13)21-11-15(10-17(20)12-21)14-5-7-16(19)8-6-14/h2-9,15,17H,10-12,20H2,1H3. The molecule has 0 saturated carbocycles. The highest BCUT2D eigenvalue weighted by molar-refractivity contribution is 5.49. The minimum atomic E-state index is -0.186. The van der Waals surface area contributed by atoms with Crippen molar-refractivity contribution in [2.24, 2.45) is 5.73 Å². The minimum absolute atomic E-state index is 0.148. The van der Waals surface area contributed by atoms with Crippen molar-refractivity contribution >= 4 is 5.69 Å². The largest absolute Gasteiger partial charge is 0.369 e. The van der Waals surface area contributed by atoms with Gasteiger partial charge in [0.1, 0.15) is 5.82 Å². The van der Waals surface area contributed by atoms with E-state index in [0.717, 1.165) is 19.5 Å². The van der Waals surface area contributed by atoms with E-state index >= 15 is 0 Å². The van der Waals surface area contributed by atoms with Crippen LogP contribution in [0.1, 0.15) is 23.5 Å². The molecule has 0 bridgehead atoms. The first-order chi connectivity index (χ1) is 10.1. The second-order valence-electron chi connectivity index (χ2n) is 5.99. The molecular formula is C18H21FN2. The number of nitrogens with zero attached hydrogens (tertiary/aromatic N) is 1. The van der Waals surface area contributed by atoms with E-state index in [2.05, 4.69) is 36.1 Å². The second-order valence-corrected chi connectivity index (χ2v) is 5.99. The van der Waals surface area contributed by atoms with E-state index in [1.165, 1.54) is 28.9 Å². The normalized spacial score (nSPS) is 22.3. The Kier molecular flexibility index (Phi) is 3.93. The first-order valence-electron chi connectivity index (χ1n) is 7.44. The summed E-state index contributed by atoms with van der Waals surface area (Å²) in [6.45, 7) is 3.91. The van der Waals surface area contributed by atoms with Crippen LogP contribution in [0.2, 0.25) is 0 Å². The summed E-state index contributed by atoms with van der Waals surface area (Å²) >= 11 is 0. The fourth-order valence-electron chi connectivity index (χ4n) is 3.15. The molecule has 1 saturated heterocycles. The lowest BCUT2D eigenvalue weighted by Gasteiger charge is -2.38. The van der Waals surface area contributed by atoms with Crippen LogP contribution in [0.4, 0.5) is 10.1 Å². The average molecular weight is 284 g/mol. The molecule has 2 nitrogen and oxygen atoms in total. The summed E-state index contributed by atoms with van der Waals surface area (Å²) < 4.78 is 13.1. The lowest BCUT2D eigenvalue weighted by atomic mass is 9.88. The van der Waals surface area contributed by atoms with E-state index in [-0.39, 0.29) is 11.9 Å². The van der Waals surface area contributed by atoms with Crippen LogP contribution < -0.4 is 10.6 Å². The van der Waals surface area contributed by atoms with E-state index in [0.29, 0.717) is 5.92 Å². The van der Waals surface area contributed by atoms with Gasteiger partial charge in [-0.2, -0.15) is 0 Å². The van der Waals surface area contributed by atoms with Gasteiger partial charge in [-0.05, 0) is 48.7 Å². The monoisotopic (exact) mass is 284 g/mol. The van der Waals surface area contributed by atoms with Crippen LogP contribution in [0, 0.1) is 12.7 Å². The van der Waals surface area contributed by atoms with Gasteiger partial charge >= 0.3 is 0 Å². The summed E-state index contributed by atoms with van der Waals surface area (Å²) in [5, 5.41) is 0. The van der Waals surface area contributed by atoms with Crippen LogP contribution in [-0.2, 0) is 0 Å². The maximum Gasteiger partial charge on any atom is 0.123 e.